The Morgan fingerprint density at radius 2 is 1.83 bits per heavy atom. The number of hydrogen-bond donors (Lipinski definition) is 2. The number of nitrogens with one attached hydrogen (secondary N) is 2. The molecule has 6 heteroatoms. The van der Waals surface area contributed by atoms with E-state index in [4.69, 9.17) is 11.6 Å². The number of likely N-dealkylation sites (tertiary alicyclic amines) is 1. The first-order valence-corrected chi connectivity index (χ1v) is 8.47. The van der Waals surface area contributed by atoms with Gasteiger partial charge in [0.1, 0.15) is 10.8 Å². The number of rotatable bonds is 4. The van der Waals surface area contributed by atoms with E-state index in [0.29, 0.717) is 16.9 Å². The van der Waals surface area contributed by atoms with Crippen LogP contribution in [0.2, 0.25) is 5.15 Å². The SMILES string of the molecule is CN1CCC(Nc2ccccc2NC(=O)c2cccc(Cl)n2)CC1. The molecule has 1 aliphatic rings. The van der Waals surface area contributed by atoms with Crippen molar-refractivity contribution in [2.75, 3.05) is 30.8 Å². The molecular formula is C18H21ClN4O. The Morgan fingerprint density at radius 1 is 1.12 bits per heavy atom. The summed E-state index contributed by atoms with van der Waals surface area (Å²) in [6, 6.07) is 13.2. The number of hydrogen-bond acceptors (Lipinski definition) is 4. The lowest BCUT2D eigenvalue weighted by Gasteiger charge is -2.30. The van der Waals surface area contributed by atoms with E-state index in [0.717, 1.165) is 37.3 Å². The summed E-state index contributed by atoms with van der Waals surface area (Å²) in [5.41, 5.74) is 1.99. The third-order valence-electron chi connectivity index (χ3n) is 4.20. The molecule has 1 amide bonds. The van der Waals surface area contributed by atoms with Crippen LogP contribution in [0.25, 0.3) is 0 Å². The zero-order valence-electron chi connectivity index (χ0n) is 13.6. The van der Waals surface area contributed by atoms with Gasteiger partial charge < -0.3 is 15.5 Å². The van der Waals surface area contributed by atoms with Gasteiger partial charge in [-0.2, -0.15) is 0 Å². The molecule has 5 nitrogen and oxygen atoms in total. The third-order valence-corrected chi connectivity index (χ3v) is 4.41. The molecule has 24 heavy (non-hydrogen) atoms. The second-order valence-corrected chi connectivity index (χ2v) is 6.45. The normalized spacial score (nSPS) is 15.9. The van der Waals surface area contributed by atoms with E-state index >= 15 is 0 Å². The molecule has 1 saturated heterocycles. The first-order chi connectivity index (χ1) is 11.6. The second-order valence-electron chi connectivity index (χ2n) is 6.07. The molecule has 0 bridgehead atoms. The Labute approximate surface area is 147 Å². The van der Waals surface area contributed by atoms with Crippen LogP contribution in [0.1, 0.15) is 23.3 Å². The molecule has 0 unspecified atom stereocenters. The third kappa shape index (κ3) is 4.24. The summed E-state index contributed by atoms with van der Waals surface area (Å²) in [6.07, 6.45) is 2.18. The highest BCUT2D eigenvalue weighted by atomic mass is 35.5. The summed E-state index contributed by atoms with van der Waals surface area (Å²) in [6.45, 7) is 2.16. The smallest absolute Gasteiger partial charge is 0.274 e. The van der Waals surface area contributed by atoms with Gasteiger partial charge in [-0.3, -0.25) is 4.79 Å². The highest BCUT2D eigenvalue weighted by molar-refractivity contribution is 6.29. The van der Waals surface area contributed by atoms with Gasteiger partial charge in [0.25, 0.3) is 5.91 Å². The number of anilines is 2. The first kappa shape index (κ1) is 16.7. The molecule has 0 spiro atoms. The average Bonchev–Trinajstić information content (AvgIpc) is 2.58. The van der Waals surface area contributed by atoms with E-state index < -0.39 is 0 Å². The number of aromatic nitrogens is 1. The van der Waals surface area contributed by atoms with Gasteiger partial charge in [-0.05, 0) is 57.2 Å². The molecule has 2 aromatic rings. The molecule has 0 radical (unpaired) electrons. The van der Waals surface area contributed by atoms with Crippen LogP contribution in [-0.4, -0.2) is 42.0 Å². The molecule has 0 atom stereocenters. The Kier molecular flexibility index (Phi) is 5.33. The minimum Gasteiger partial charge on any atom is -0.381 e. The zero-order chi connectivity index (χ0) is 16.9. The molecule has 3 rings (SSSR count). The van der Waals surface area contributed by atoms with Crippen LogP contribution in [0, 0.1) is 0 Å². The van der Waals surface area contributed by atoms with Gasteiger partial charge >= 0.3 is 0 Å². The maximum Gasteiger partial charge on any atom is 0.274 e. The van der Waals surface area contributed by atoms with E-state index in [9.17, 15) is 4.79 Å². The zero-order valence-corrected chi connectivity index (χ0v) is 14.4. The lowest BCUT2D eigenvalue weighted by molar-refractivity contribution is 0.102. The molecule has 2 N–H and O–H groups in total. The van der Waals surface area contributed by atoms with Crippen molar-refractivity contribution in [2.24, 2.45) is 0 Å². The van der Waals surface area contributed by atoms with Crippen LogP contribution in [-0.2, 0) is 0 Å². The Hall–Kier alpha value is -2.11. The number of carbonyl (C=O) groups excluding carboxylic acids is 1. The Balaban J connectivity index is 1.71. The number of benzene rings is 1. The van der Waals surface area contributed by atoms with Gasteiger partial charge in [-0.1, -0.05) is 29.8 Å². The standard InChI is InChI=1S/C18H21ClN4O/c1-23-11-9-13(10-12-23)20-14-5-2-3-6-15(14)22-18(24)16-7-4-8-17(19)21-16/h2-8,13,20H,9-12H2,1H3,(H,22,24). The number of para-hydroxylation sites is 2. The molecule has 1 aromatic heterocycles. The van der Waals surface area contributed by atoms with Crippen molar-refractivity contribution in [3.8, 4) is 0 Å². The minimum atomic E-state index is -0.268. The van der Waals surface area contributed by atoms with Gasteiger partial charge in [0.05, 0.1) is 11.4 Å². The summed E-state index contributed by atoms with van der Waals surface area (Å²) in [4.78, 5) is 18.8. The highest BCUT2D eigenvalue weighted by Crippen LogP contribution is 2.24. The van der Waals surface area contributed by atoms with Crippen LogP contribution in [0.15, 0.2) is 42.5 Å². The van der Waals surface area contributed by atoms with Gasteiger partial charge in [-0.15, -0.1) is 0 Å². The van der Waals surface area contributed by atoms with E-state index in [-0.39, 0.29) is 5.91 Å². The molecular weight excluding hydrogens is 324 g/mol. The first-order valence-electron chi connectivity index (χ1n) is 8.10. The van der Waals surface area contributed by atoms with Gasteiger partial charge in [-0.25, -0.2) is 4.98 Å². The quantitative estimate of drug-likeness (QED) is 0.833. The number of pyridine rings is 1. The predicted octanol–water partition coefficient (Wildman–Crippen LogP) is 3.49. The molecule has 0 aliphatic carbocycles. The number of piperidine rings is 1. The van der Waals surface area contributed by atoms with E-state index in [1.54, 1.807) is 18.2 Å². The fourth-order valence-corrected chi connectivity index (χ4v) is 2.98. The predicted molar refractivity (Wildman–Crippen MR) is 97.8 cm³/mol. The molecule has 1 aliphatic heterocycles. The lowest BCUT2D eigenvalue weighted by atomic mass is 10.0. The van der Waals surface area contributed by atoms with Crippen LogP contribution in [0.3, 0.4) is 0 Å². The van der Waals surface area contributed by atoms with Crippen molar-refractivity contribution in [2.45, 2.75) is 18.9 Å². The van der Waals surface area contributed by atoms with Gasteiger partial charge in [0.15, 0.2) is 0 Å². The molecule has 1 fully saturated rings. The summed E-state index contributed by atoms with van der Waals surface area (Å²) >= 11 is 5.86. The average molecular weight is 345 g/mol. The minimum absolute atomic E-state index is 0.268. The molecule has 126 valence electrons. The van der Waals surface area contributed by atoms with E-state index in [1.165, 1.54) is 0 Å². The number of nitrogens with zero attached hydrogens (tertiary/aromatic N) is 2. The summed E-state index contributed by atoms with van der Waals surface area (Å²) < 4.78 is 0. The number of amides is 1. The molecule has 0 saturated carbocycles. The summed E-state index contributed by atoms with van der Waals surface area (Å²) in [5, 5.41) is 6.78. The monoisotopic (exact) mass is 344 g/mol. The lowest BCUT2D eigenvalue weighted by Crippen LogP contribution is -2.36. The highest BCUT2D eigenvalue weighted by Gasteiger charge is 2.18. The second kappa shape index (κ2) is 7.64. The van der Waals surface area contributed by atoms with Crippen molar-refractivity contribution < 1.29 is 4.79 Å². The van der Waals surface area contributed by atoms with Crippen molar-refractivity contribution in [1.82, 2.24) is 9.88 Å². The summed E-state index contributed by atoms with van der Waals surface area (Å²) in [7, 11) is 2.14. The fourth-order valence-electron chi connectivity index (χ4n) is 2.81. The molecule has 1 aromatic carbocycles. The summed E-state index contributed by atoms with van der Waals surface area (Å²) in [5.74, 6) is -0.268. The fraction of sp³-hybridized carbons (Fsp3) is 0.333. The van der Waals surface area contributed by atoms with Gasteiger partial charge in [0.2, 0.25) is 0 Å². The van der Waals surface area contributed by atoms with Crippen LogP contribution >= 0.6 is 11.6 Å². The van der Waals surface area contributed by atoms with Crippen molar-refractivity contribution in [3.05, 3.63) is 53.3 Å². The maximum absolute atomic E-state index is 12.4. The number of halogens is 1. The topological polar surface area (TPSA) is 57.3 Å². The molecule has 2 heterocycles. The maximum atomic E-state index is 12.4. The van der Waals surface area contributed by atoms with Gasteiger partial charge in [0, 0.05) is 6.04 Å². The van der Waals surface area contributed by atoms with Crippen LogP contribution in [0.4, 0.5) is 11.4 Å². The van der Waals surface area contributed by atoms with Crippen LogP contribution in [0.5, 0.6) is 0 Å². The Bertz CT molecular complexity index is 714. The van der Waals surface area contributed by atoms with Crippen LogP contribution < -0.4 is 10.6 Å². The van der Waals surface area contributed by atoms with Crippen molar-refractivity contribution in [3.63, 3.8) is 0 Å². The Morgan fingerprint density at radius 3 is 2.54 bits per heavy atom. The number of carbonyl (C=O) groups is 1. The largest absolute Gasteiger partial charge is 0.381 e. The van der Waals surface area contributed by atoms with Crippen molar-refractivity contribution in [1.29, 1.82) is 0 Å². The van der Waals surface area contributed by atoms with E-state index in [1.807, 2.05) is 24.3 Å². The van der Waals surface area contributed by atoms with Crippen molar-refractivity contribution >= 4 is 28.9 Å². The van der Waals surface area contributed by atoms with E-state index in [2.05, 4.69) is 27.6 Å².